The van der Waals surface area contributed by atoms with Crippen LogP contribution in [0.4, 0.5) is 0 Å². The lowest BCUT2D eigenvalue weighted by Gasteiger charge is -1.97. The molecule has 0 aliphatic heterocycles. The number of hydrogen-bond donors (Lipinski definition) is 1. The summed E-state index contributed by atoms with van der Waals surface area (Å²) >= 11 is 0. The molecule has 0 radical (unpaired) electrons. The van der Waals surface area contributed by atoms with E-state index in [1.54, 1.807) is 6.92 Å². The predicted octanol–water partition coefficient (Wildman–Crippen LogP) is 4.04. The van der Waals surface area contributed by atoms with Crippen molar-refractivity contribution in [2.24, 2.45) is 0 Å². The molecule has 0 amide bonds. The summed E-state index contributed by atoms with van der Waals surface area (Å²) < 4.78 is 9.32. The molecular formula is C16H34O5. The van der Waals surface area contributed by atoms with E-state index in [2.05, 4.69) is 18.6 Å². The first-order valence-electron chi connectivity index (χ1n) is 7.94. The Bertz CT molecular complexity index is 211. The zero-order valence-corrected chi connectivity index (χ0v) is 14.4. The number of carboxylic acid groups (broad SMARTS) is 1. The van der Waals surface area contributed by atoms with Gasteiger partial charge in [0.15, 0.2) is 0 Å². The second-order valence-corrected chi connectivity index (χ2v) is 4.19. The monoisotopic (exact) mass is 306 g/mol. The van der Waals surface area contributed by atoms with Crippen LogP contribution in [-0.4, -0.2) is 36.9 Å². The fourth-order valence-corrected chi connectivity index (χ4v) is 1.15. The largest absolute Gasteiger partial charge is 0.481 e. The molecule has 0 bridgehead atoms. The molecule has 0 spiro atoms. The van der Waals surface area contributed by atoms with E-state index in [-0.39, 0.29) is 12.8 Å². The Kier molecular flexibility index (Phi) is 28.4. The molecule has 1 N–H and O–H groups in total. The molecule has 0 aromatic heterocycles. The third-order valence-corrected chi connectivity index (χ3v) is 2.21. The first-order chi connectivity index (χ1) is 9.99. The fourth-order valence-electron chi connectivity index (χ4n) is 1.15. The van der Waals surface area contributed by atoms with Crippen LogP contribution in [0.3, 0.4) is 0 Å². The molecule has 0 saturated carbocycles. The third kappa shape index (κ3) is 38.1. The molecule has 0 aliphatic carbocycles. The molecule has 0 fully saturated rings. The topological polar surface area (TPSA) is 72.8 Å². The lowest BCUT2D eigenvalue weighted by molar-refractivity contribution is -0.147. The second kappa shape index (κ2) is 24.0. The van der Waals surface area contributed by atoms with Crippen molar-refractivity contribution in [3.63, 3.8) is 0 Å². The number of carboxylic acids is 1. The Morgan fingerprint density at radius 2 is 1.29 bits per heavy atom. The van der Waals surface area contributed by atoms with Gasteiger partial charge in [0.2, 0.25) is 0 Å². The van der Waals surface area contributed by atoms with E-state index in [9.17, 15) is 9.59 Å². The lowest BCUT2D eigenvalue weighted by Crippen LogP contribution is -2.06. The van der Waals surface area contributed by atoms with Gasteiger partial charge in [-0.15, -0.1) is 0 Å². The summed E-state index contributed by atoms with van der Waals surface area (Å²) in [5, 5.41) is 8.12. The van der Waals surface area contributed by atoms with Crippen molar-refractivity contribution in [2.45, 2.75) is 73.1 Å². The molecule has 0 rings (SSSR count). The predicted molar refractivity (Wildman–Crippen MR) is 85.5 cm³/mol. The van der Waals surface area contributed by atoms with Crippen molar-refractivity contribution in [1.82, 2.24) is 0 Å². The summed E-state index contributed by atoms with van der Waals surface area (Å²) in [5.41, 5.74) is 0. The van der Waals surface area contributed by atoms with Crippen molar-refractivity contribution < 1.29 is 24.2 Å². The maximum absolute atomic E-state index is 10.5. The molecule has 21 heavy (non-hydrogen) atoms. The first kappa shape index (κ1) is 24.9. The van der Waals surface area contributed by atoms with E-state index in [1.165, 1.54) is 25.7 Å². The number of unbranched alkanes of at least 4 members (excludes halogenated alkanes) is 3. The normalized spacial score (nSPS) is 8.81. The zero-order chi connectivity index (χ0) is 16.9. The van der Waals surface area contributed by atoms with E-state index in [0.29, 0.717) is 6.61 Å². The van der Waals surface area contributed by atoms with Gasteiger partial charge in [0.1, 0.15) is 0 Å². The summed E-state index contributed by atoms with van der Waals surface area (Å²) in [5.74, 6) is -1.43. The van der Waals surface area contributed by atoms with Gasteiger partial charge >= 0.3 is 11.9 Å². The molecule has 0 atom stereocenters. The number of rotatable bonds is 9. The highest BCUT2D eigenvalue weighted by Gasteiger charge is 2.04. The van der Waals surface area contributed by atoms with Crippen molar-refractivity contribution in [1.29, 1.82) is 0 Å². The molecule has 0 saturated heterocycles. The van der Waals surface area contributed by atoms with E-state index in [4.69, 9.17) is 9.84 Å². The molecule has 0 heterocycles. The molecule has 0 aliphatic rings. The number of ether oxygens (including phenoxy) is 2. The van der Waals surface area contributed by atoms with Gasteiger partial charge in [-0.2, -0.15) is 0 Å². The Labute approximate surface area is 130 Å². The Hall–Kier alpha value is -1.10. The van der Waals surface area contributed by atoms with Crippen LogP contribution in [0.5, 0.6) is 0 Å². The summed E-state index contributed by atoms with van der Waals surface area (Å²) in [7, 11) is 0. The number of carbonyl (C=O) groups is 2. The minimum Gasteiger partial charge on any atom is -0.481 e. The van der Waals surface area contributed by atoms with Crippen LogP contribution in [0.15, 0.2) is 0 Å². The van der Waals surface area contributed by atoms with Crippen molar-refractivity contribution >= 4 is 11.9 Å². The third-order valence-electron chi connectivity index (χ3n) is 2.21. The maximum atomic E-state index is 10.5. The lowest BCUT2D eigenvalue weighted by atomic mass is 10.2. The van der Waals surface area contributed by atoms with Crippen LogP contribution < -0.4 is 0 Å². The van der Waals surface area contributed by atoms with Gasteiger partial charge in [-0.05, 0) is 20.8 Å². The summed E-state index contributed by atoms with van der Waals surface area (Å²) in [4.78, 5) is 20.4. The minimum absolute atomic E-state index is 0.0385. The maximum Gasteiger partial charge on any atom is 0.306 e. The summed E-state index contributed by atoms with van der Waals surface area (Å²) in [6, 6.07) is 0. The van der Waals surface area contributed by atoms with E-state index >= 15 is 0 Å². The minimum atomic E-state index is -0.979. The van der Waals surface area contributed by atoms with Crippen molar-refractivity contribution in [3.8, 4) is 0 Å². The van der Waals surface area contributed by atoms with Gasteiger partial charge in [0.05, 0.1) is 19.4 Å². The van der Waals surface area contributed by atoms with Crippen molar-refractivity contribution in [2.75, 3.05) is 19.8 Å². The summed E-state index contributed by atoms with van der Waals surface area (Å²) in [6.45, 7) is 12.1. The van der Waals surface area contributed by atoms with Gasteiger partial charge < -0.3 is 14.6 Å². The first-order valence-corrected chi connectivity index (χ1v) is 7.94. The Balaban J connectivity index is -0.000000252. The number of hydrogen-bond acceptors (Lipinski definition) is 4. The Morgan fingerprint density at radius 3 is 1.52 bits per heavy atom. The van der Waals surface area contributed by atoms with Gasteiger partial charge in [0, 0.05) is 13.2 Å². The highest BCUT2D eigenvalue weighted by molar-refractivity contribution is 5.76. The molecule has 5 heteroatoms. The second-order valence-electron chi connectivity index (χ2n) is 4.19. The SMILES string of the molecule is CCCCCC.CCOC(=O)CCC(=O)O.CCOCC. The van der Waals surface area contributed by atoms with E-state index in [0.717, 1.165) is 13.2 Å². The van der Waals surface area contributed by atoms with Crippen LogP contribution in [-0.2, 0) is 19.1 Å². The van der Waals surface area contributed by atoms with E-state index in [1.807, 2.05) is 13.8 Å². The average molecular weight is 306 g/mol. The van der Waals surface area contributed by atoms with Gasteiger partial charge in [-0.3, -0.25) is 9.59 Å². The average Bonchev–Trinajstić information content (AvgIpc) is 2.45. The molecule has 0 aromatic carbocycles. The van der Waals surface area contributed by atoms with Crippen LogP contribution in [0, 0.1) is 0 Å². The highest BCUT2D eigenvalue weighted by Crippen LogP contribution is 1.95. The summed E-state index contributed by atoms with van der Waals surface area (Å²) in [6.07, 6.45) is 5.34. The molecule has 5 nitrogen and oxygen atoms in total. The Morgan fingerprint density at radius 1 is 0.810 bits per heavy atom. The number of aliphatic carboxylic acids is 1. The molecular weight excluding hydrogens is 272 g/mol. The van der Waals surface area contributed by atoms with E-state index < -0.39 is 11.9 Å². The highest BCUT2D eigenvalue weighted by atomic mass is 16.5. The molecule has 0 aromatic rings. The van der Waals surface area contributed by atoms with Crippen molar-refractivity contribution in [3.05, 3.63) is 0 Å². The van der Waals surface area contributed by atoms with Crippen LogP contribution in [0.1, 0.15) is 73.1 Å². The molecule has 0 unspecified atom stereocenters. The van der Waals surface area contributed by atoms with Gasteiger partial charge in [-0.25, -0.2) is 0 Å². The smallest absolute Gasteiger partial charge is 0.306 e. The molecule has 128 valence electrons. The number of esters is 1. The number of carbonyl (C=O) groups excluding carboxylic acids is 1. The quantitative estimate of drug-likeness (QED) is 0.514. The van der Waals surface area contributed by atoms with Crippen LogP contribution >= 0.6 is 0 Å². The fraction of sp³-hybridized carbons (Fsp3) is 0.875. The standard InChI is InChI=1S/C6H10O4.C6H14.C4H10O/c1-2-10-6(9)4-3-5(7)8;1-3-5-6-4-2;1-3-5-4-2/h2-4H2,1H3,(H,7,8);3-6H2,1-2H3;3-4H2,1-2H3. The van der Waals surface area contributed by atoms with Crippen LogP contribution in [0.25, 0.3) is 0 Å². The van der Waals surface area contributed by atoms with Gasteiger partial charge in [0.25, 0.3) is 0 Å². The zero-order valence-electron chi connectivity index (χ0n) is 14.4. The van der Waals surface area contributed by atoms with Gasteiger partial charge in [-0.1, -0.05) is 39.5 Å². The van der Waals surface area contributed by atoms with Crippen LogP contribution in [0.2, 0.25) is 0 Å².